The zero-order chi connectivity index (χ0) is 21.8. The number of anilines is 1. The van der Waals surface area contributed by atoms with Crippen molar-refractivity contribution < 1.29 is 14.0 Å². The summed E-state index contributed by atoms with van der Waals surface area (Å²) in [5, 5.41) is 7.45. The molecule has 1 unspecified atom stereocenters. The lowest BCUT2D eigenvalue weighted by molar-refractivity contribution is 0.276. The predicted molar refractivity (Wildman–Crippen MR) is 127 cm³/mol. The van der Waals surface area contributed by atoms with Gasteiger partial charge in [-0.25, -0.2) is 0 Å². The molecule has 0 spiro atoms. The first kappa shape index (κ1) is 24.9. The van der Waals surface area contributed by atoms with Crippen LogP contribution in [0.5, 0.6) is 0 Å². The van der Waals surface area contributed by atoms with Gasteiger partial charge in [-0.15, -0.1) is 0 Å². The van der Waals surface area contributed by atoms with E-state index >= 15 is 0 Å². The first-order valence-corrected chi connectivity index (χ1v) is 12.1. The third-order valence-corrected chi connectivity index (χ3v) is 5.72. The molecule has 3 N–H and O–H groups in total. The van der Waals surface area contributed by atoms with Gasteiger partial charge in [0.1, 0.15) is 0 Å². The van der Waals surface area contributed by atoms with E-state index in [9.17, 15) is 4.57 Å². The van der Waals surface area contributed by atoms with Crippen LogP contribution in [0.4, 0.5) is 5.69 Å². The summed E-state index contributed by atoms with van der Waals surface area (Å²) in [7, 11) is -2.82. The highest BCUT2D eigenvalue weighted by Crippen LogP contribution is 2.28. The average molecular weight is 453 g/mol. The van der Waals surface area contributed by atoms with E-state index in [4.69, 9.17) is 16.5 Å². The smallest absolute Gasteiger partial charge is 0.316 e. The molecule has 0 bridgehead atoms. The quantitative estimate of drug-likeness (QED) is 0.254. The standard InChI is InChI=1S/C23H34ClN2O3P/c1-23(2,17-19-8-4-3-5-9-19)12-6-14-26-22-11-10-20(16-21(22)24)18-25-13-7-15-29-30(27)28/h3-5,8-11,16,25-26,30H,6-7,12-15,17-18H2,1-2H3,(H,27,28). The molecular formula is C23H34ClN2O3P. The number of halogens is 1. The molecule has 0 saturated heterocycles. The van der Waals surface area contributed by atoms with Crippen LogP contribution in [0.3, 0.4) is 0 Å². The van der Waals surface area contributed by atoms with Crippen molar-refractivity contribution in [1.29, 1.82) is 0 Å². The molecule has 2 rings (SSSR count). The molecule has 7 heteroatoms. The molecule has 30 heavy (non-hydrogen) atoms. The normalized spacial score (nSPS) is 12.7. The minimum atomic E-state index is -2.82. The summed E-state index contributed by atoms with van der Waals surface area (Å²) in [6, 6.07) is 16.7. The van der Waals surface area contributed by atoms with E-state index in [1.54, 1.807) is 0 Å². The SMILES string of the molecule is CC(C)(CCCNc1ccc(CNCCCO[PH](=O)O)cc1Cl)Cc1ccccc1. The molecule has 0 amide bonds. The molecule has 0 saturated carbocycles. The van der Waals surface area contributed by atoms with Crippen molar-refractivity contribution in [3.05, 3.63) is 64.7 Å². The van der Waals surface area contributed by atoms with Crippen LogP contribution in [-0.2, 0) is 22.1 Å². The summed E-state index contributed by atoms with van der Waals surface area (Å²) in [6.45, 7) is 7.24. The van der Waals surface area contributed by atoms with Gasteiger partial charge in [-0.1, -0.05) is 61.8 Å². The molecule has 5 nitrogen and oxygen atoms in total. The summed E-state index contributed by atoms with van der Waals surface area (Å²) in [4.78, 5) is 8.60. The monoisotopic (exact) mass is 452 g/mol. The maximum atomic E-state index is 10.5. The Balaban J connectivity index is 1.67. The van der Waals surface area contributed by atoms with Gasteiger partial charge in [0.15, 0.2) is 0 Å². The third-order valence-electron chi connectivity index (χ3n) is 4.96. The fraction of sp³-hybridized carbons (Fsp3) is 0.478. The van der Waals surface area contributed by atoms with Crippen LogP contribution in [0.15, 0.2) is 48.5 Å². The van der Waals surface area contributed by atoms with E-state index in [0.29, 0.717) is 19.5 Å². The van der Waals surface area contributed by atoms with Crippen LogP contribution in [0, 0.1) is 5.41 Å². The molecule has 0 aliphatic rings. The summed E-state index contributed by atoms with van der Waals surface area (Å²) in [6.07, 6.45) is 4.00. The predicted octanol–water partition coefficient (Wildman–Crippen LogP) is 5.68. The first-order chi connectivity index (χ1) is 14.4. The maximum absolute atomic E-state index is 10.5. The fourth-order valence-electron chi connectivity index (χ4n) is 3.43. The van der Waals surface area contributed by atoms with Crippen molar-refractivity contribution in [3.63, 3.8) is 0 Å². The van der Waals surface area contributed by atoms with Crippen LogP contribution in [0.25, 0.3) is 0 Å². The number of nitrogens with one attached hydrogen (secondary N) is 2. The van der Waals surface area contributed by atoms with E-state index in [2.05, 4.69) is 65.4 Å². The van der Waals surface area contributed by atoms with Crippen molar-refractivity contribution in [2.45, 2.75) is 46.1 Å². The Hall–Kier alpha value is -1.36. The van der Waals surface area contributed by atoms with E-state index in [0.717, 1.165) is 42.1 Å². The summed E-state index contributed by atoms with van der Waals surface area (Å²) < 4.78 is 15.1. The minimum Gasteiger partial charge on any atom is -0.384 e. The number of benzene rings is 2. The summed E-state index contributed by atoms with van der Waals surface area (Å²) in [5.41, 5.74) is 3.72. The van der Waals surface area contributed by atoms with Crippen molar-refractivity contribution in [1.82, 2.24) is 5.32 Å². The largest absolute Gasteiger partial charge is 0.384 e. The minimum absolute atomic E-state index is 0.265. The van der Waals surface area contributed by atoms with Crippen molar-refractivity contribution in [2.75, 3.05) is 25.0 Å². The third kappa shape index (κ3) is 10.1. The molecule has 2 aromatic carbocycles. The Morgan fingerprint density at radius 2 is 1.83 bits per heavy atom. The van der Waals surface area contributed by atoms with Gasteiger partial charge in [0.05, 0.1) is 17.3 Å². The lowest BCUT2D eigenvalue weighted by Crippen LogP contribution is -2.17. The second kappa shape index (κ2) is 13.1. The Morgan fingerprint density at radius 1 is 1.07 bits per heavy atom. The van der Waals surface area contributed by atoms with Gasteiger partial charge in [0.25, 0.3) is 0 Å². The van der Waals surface area contributed by atoms with Crippen molar-refractivity contribution >= 4 is 25.5 Å². The number of hydrogen-bond donors (Lipinski definition) is 3. The van der Waals surface area contributed by atoms with E-state index in [1.165, 1.54) is 5.56 Å². The highest BCUT2D eigenvalue weighted by atomic mass is 35.5. The Kier molecular flexibility index (Phi) is 10.9. The van der Waals surface area contributed by atoms with Crippen molar-refractivity contribution in [3.8, 4) is 0 Å². The van der Waals surface area contributed by atoms with E-state index < -0.39 is 8.25 Å². The Morgan fingerprint density at radius 3 is 2.53 bits per heavy atom. The second-order valence-corrected chi connectivity index (χ2v) is 9.54. The van der Waals surface area contributed by atoms with Gasteiger partial charge in [-0.3, -0.25) is 4.57 Å². The van der Waals surface area contributed by atoms with Gasteiger partial charge in [0.2, 0.25) is 0 Å². The molecule has 0 aliphatic heterocycles. The molecule has 166 valence electrons. The average Bonchev–Trinajstić information content (AvgIpc) is 2.69. The van der Waals surface area contributed by atoms with Crippen LogP contribution in [0.2, 0.25) is 5.02 Å². The first-order valence-electron chi connectivity index (χ1n) is 10.5. The Labute approximate surface area is 186 Å². The molecule has 0 aromatic heterocycles. The number of hydrogen-bond acceptors (Lipinski definition) is 4. The zero-order valence-corrected chi connectivity index (χ0v) is 19.7. The van der Waals surface area contributed by atoms with Crippen LogP contribution in [0.1, 0.15) is 44.2 Å². The lowest BCUT2D eigenvalue weighted by atomic mass is 9.81. The van der Waals surface area contributed by atoms with Crippen molar-refractivity contribution in [2.24, 2.45) is 5.41 Å². The molecule has 0 aliphatic carbocycles. The maximum Gasteiger partial charge on any atom is 0.316 e. The van der Waals surface area contributed by atoms with Crippen LogP contribution in [-0.4, -0.2) is 24.6 Å². The molecule has 0 fully saturated rings. The zero-order valence-electron chi connectivity index (χ0n) is 17.9. The molecule has 2 aromatic rings. The van der Waals surface area contributed by atoms with Gasteiger partial charge < -0.3 is 20.1 Å². The molecule has 0 heterocycles. The number of rotatable bonds is 14. The van der Waals surface area contributed by atoms with Gasteiger partial charge in [0, 0.05) is 13.1 Å². The molecular weight excluding hydrogens is 419 g/mol. The molecule has 0 radical (unpaired) electrons. The highest BCUT2D eigenvalue weighted by molar-refractivity contribution is 7.32. The summed E-state index contributed by atoms with van der Waals surface area (Å²) >= 11 is 6.43. The molecule has 1 atom stereocenters. The van der Waals surface area contributed by atoms with E-state index in [-0.39, 0.29) is 12.0 Å². The van der Waals surface area contributed by atoms with Crippen LogP contribution >= 0.6 is 19.9 Å². The lowest BCUT2D eigenvalue weighted by Gasteiger charge is -2.25. The Bertz CT molecular complexity index is 787. The second-order valence-electron chi connectivity index (χ2n) is 8.32. The highest BCUT2D eigenvalue weighted by Gasteiger charge is 2.17. The van der Waals surface area contributed by atoms with Gasteiger partial charge in [-0.2, -0.15) is 0 Å². The topological polar surface area (TPSA) is 70.6 Å². The van der Waals surface area contributed by atoms with E-state index in [1.807, 2.05) is 12.1 Å². The summed E-state index contributed by atoms with van der Waals surface area (Å²) in [5.74, 6) is 0. The fourth-order valence-corrected chi connectivity index (χ4v) is 4.02. The van der Waals surface area contributed by atoms with Gasteiger partial charge in [-0.05, 0) is 60.9 Å². The van der Waals surface area contributed by atoms with Gasteiger partial charge >= 0.3 is 8.25 Å². The van der Waals surface area contributed by atoms with Crippen LogP contribution < -0.4 is 10.6 Å².